The maximum absolute atomic E-state index is 13.4. The molecule has 1 saturated carbocycles. The Kier molecular flexibility index (Phi) is 6.08. The van der Waals surface area contributed by atoms with E-state index in [9.17, 15) is 27.1 Å². The van der Waals surface area contributed by atoms with E-state index in [1.807, 2.05) is 0 Å². The Morgan fingerprint density at radius 1 is 1.08 bits per heavy atom. The number of ether oxygens (including phenoxy) is 2. The molecule has 2 aromatic carbocycles. The molecule has 0 unspecified atom stereocenters. The highest BCUT2D eigenvalue weighted by atomic mass is 32.2. The number of nitrogens with zero attached hydrogens (tertiary/aromatic N) is 2. The number of benzene rings is 2. The van der Waals surface area contributed by atoms with Gasteiger partial charge < -0.3 is 19.9 Å². The largest absolute Gasteiger partial charge is 0.586 e. The topological polar surface area (TPSA) is 118 Å². The minimum atomic E-state index is -3.73. The molecule has 2 aliphatic heterocycles. The summed E-state index contributed by atoms with van der Waals surface area (Å²) >= 11 is 0. The number of anilines is 1. The molecule has 9 nitrogen and oxygen atoms in total. The van der Waals surface area contributed by atoms with Crippen molar-refractivity contribution in [1.82, 2.24) is 9.29 Å². The molecular weight excluding hydrogens is 532 g/mol. The summed E-state index contributed by atoms with van der Waals surface area (Å²) in [5, 5.41) is 12.3. The average Bonchev–Trinajstić information content (AvgIpc) is 3.47. The third-order valence-electron chi connectivity index (χ3n) is 7.42. The average molecular weight is 558 g/mol. The summed E-state index contributed by atoms with van der Waals surface area (Å²) in [6, 6.07) is 15.4. The Bertz CT molecular complexity index is 1540. The van der Waals surface area contributed by atoms with Crippen LogP contribution in [0.1, 0.15) is 31.2 Å². The summed E-state index contributed by atoms with van der Waals surface area (Å²) in [5.74, 6) is -0.209. The lowest BCUT2D eigenvalue weighted by atomic mass is 9.94. The van der Waals surface area contributed by atoms with E-state index in [0.29, 0.717) is 54.9 Å². The molecule has 2 N–H and O–H groups in total. The molecule has 1 saturated heterocycles. The second-order valence-corrected chi connectivity index (χ2v) is 11.8. The van der Waals surface area contributed by atoms with Crippen molar-refractivity contribution in [3.63, 3.8) is 0 Å². The molecule has 0 spiro atoms. The van der Waals surface area contributed by atoms with Gasteiger partial charge in [0, 0.05) is 18.2 Å². The van der Waals surface area contributed by atoms with Crippen LogP contribution in [0.2, 0.25) is 0 Å². The van der Waals surface area contributed by atoms with Crippen molar-refractivity contribution in [3.8, 4) is 22.8 Å². The number of aliphatic hydroxyl groups is 1. The smallest absolute Gasteiger partial charge is 0.395 e. The number of alkyl halides is 2. The number of halogens is 2. The van der Waals surface area contributed by atoms with Gasteiger partial charge in [-0.2, -0.15) is 4.31 Å². The highest BCUT2D eigenvalue weighted by molar-refractivity contribution is 7.89. The Morgan fingerprint density at radius 2 is 1.82 bits per heavy atom. The molecule has 204 valence electrons. The number of hydrogen-bond acceptors (Lipinski definition) is 7. The maximum Gasteiger partial charge on any atom is 0.586 e. The molecule has 1 atom stereocenters. The molecule has 3 aromatic rings. The standard InChI is InChI=1S/C27H25F2N3O6S/c28-27(29)37-22-11-8-18(15-23(22)38-27)26(12-13-26)25(34)31-24-5-1-4-21(30-24)17-6-9-20(10-7-17)39(35,36)32-14-2-3-19(32)16-33/h1,4-11,15,19,33H,2-3,12-14,16H2,(H,30,31,34)/t19-/m1/s1. The SMILES string of the molecule is O=C(Nc1cccc(-c2ccc(S(=O)(=O)N3CCC[C@@H]3CO)cc2)n1)C1(c2ccc3c(c2)OC(F)(F)O3)CC1. The lowest BCUT2D eigenvalue weighted by Crippen LogP contribution is -2.37. The number of fused-ring (bicyclic) bond motifs is 1. The van der Waals surface area contributed by atoms with Gasteiger partial charge in [-0.05, 0) is 67.6 Å². The third kappa shape index (κ3) is 4.62. The van der Waals surface area contributed by atoms with E-state index in [1.54, 1.807) is 36.4 Å². The van der Waals surface area contributed by atoms with Gasteiger partial charge in [0.15, 0.2) is 11.5 Å². The molecular formula is C27H25F2N3O6S. The molecule has 3 heterocycles. The lowest BCUT2D eigenvalue weighted by Gasteiger charge is -2.22. The molecule has 12 heteroatoms. The van der Waals surface area contributed by atoms with E-state index < -0.39 is 27.8 Å². The Morgan fingerprint density at radius 3 is 2.54 bits per heavy atom. The van der Waals surface area contributed by atoms with Crippen LogP contribution >= 0.6 is 0 Å². The van der Waals surface area contributed by atoms with Crippen LogP contribution in [0.4, 0.5) is 14.6 Å². The van der Waals surface area contributed by atoms with E-state index in [0.717, 1.165) is 0 Å². The number of carbonyl (C=O) groups is 1. The summed E-state index contributed by atoms with van der Waals surface area (Å²) in [7, 11) is -3.73. The zero-order chi connectivity index (χ0) is 27.4. The first kappa shape index (κ1) is 25.7. The van der Waals surface area contributed by atoms with Crippen LogP contribution in [0.3, 0.4) is 0 Å². The molecule has 3 aliphatic rings. The van der Waals surface area contributed by atoms with Crippen molar-refractivity contribution in [2.24, 2.45) is 0 Å². The third-order valence-corrected chi connectivity index (χ3v) is 9.39. The Balaban J connectivity index is 1.18. The van der Waals surface area contributed by atoms with Crippen LogP contribution in [0, 0.1) is 0 Å². The molecule has 0 bridgehead atoms. The first-order valence-corrected chi connectivity index (χ1v) is 14.0. The van der Waals surface area contributed by atoms with Gasteiger partial charge in [0.05, 0.1) is 22.6 Å². The van der Waals surface area contributed by atoms with Crippen LogP contribution in [0.5, 0.6) is 11.5 Å². The fourth-order valence-corrected chi connectivity index (χ4v) is 6.85. The van der Waals surface area contributed by atoms with Gasteiger partial charge in [0.1, 0.15) is 5.82 Å². The van der Waals surface area contributed by atoms with Crippen molar-refractivity contribution in [1.29, 1.82) is 0 Å². The van der Waals surface area contributed by atoms with Crippen LogP contribution in [-0.2, 0) is 20.2 Å². The summed E-state index contributed by atoms with van der Waals surface area (Å²) in [6.07, 6.45) is -1.32. The van der Waals surface area contributed by atoms with Crippen LogP contribution in [-0.4, -0.2) is 54.2 Å². The summed E-state index contributed by atoms with van der Waals surface area (Å²) in [4.78, 5) is 17.9. The number of aromatic nitrogens is 1. The predicted octanol–water partition coefficient (Wildman–Crippen LogP) is 3.89. The number of nitrogens with one attached hydrogen (secondary N) is 1. The van der Waals surface area contributed by atoms with Crippen LogP contribution in [0.15, 0.2) is 65.6 Å². The molecule has 6 rings (SSSR count). The number of pyridine rings is 1. The predicted molar refractivity (Wildman–Crippen MR) is 136 cm³/mol. The van der Waals surface area contributed by atoms with Gasteiger partial charge in [0.25, 0.3) is 0 Å². The lowest BCUT2D eigenvalue weighted by molar-refractivity contribution is -0.286. The number of carbonyl (C=O) groups excluding carboxylic acids is 1. The fraction of sp³-hybridized carbons (Fsp3) is 0.333. The highest BCUT2D eigenvalue weighted by Gasteiger charge is 2.53. The van der Waals surface area contributed by atoms with Gasteiger partial charge >= 0.3 is 6.29 Å². The van der Waals surface area contributed by atoms with Gasteiger partial charge in [-0.1, -0.05) is 24.3 Å². The molecule has 0 radical (unpaired) electrons. The molecule has 39 heavy (non-hydrogen) atoms. The van der Waals surface area contributed by atoms with Gasteiger partial charge in [0.2, 0.25) is 15.9 Å². The van der Waals surface area contributed by atoms with Gasteiger partial charge in [-0.15, -0.1) is 8.78 Å². The monoisotopic (exact) mass is 557 g/mol. The molecule has 1 amide bonds. The normalized spacial score (nSPS) is 21.1. The maximum atomic E-state index is 13.4. The number of sulfonamides is 1. The van der Waals surface area contributed by atoms with Crippen molar-refractivity contribution in [2.45, 2.75) is 48.3 Å². The van der Waals surface area contributed by atoms with Crippen LogP contribution < -0.4 is 14.8 Å². The van der Waals surface area contributed by atoms with E-state index >= 15 is 0 Å². The summed E-state index contributed by atoms with van der Waals surface area (Å²) in [6.45, 7) is 0.157. The highest BCUT2D eigenvalue weighted by Crippen LogP contribution is 2.52. The second-order valence-electron chi connectivity index (χ2n) is 9.89. The zero-order valence-electron chi connectivity index (χ0n) is 20.6. The van der Waals surface area contributed by atoms with Gasteiger partial charge in [-0.25, -0.2) is 13.4 Å². The van der Waals surface area contributed by atoms with Crippen LogP contribution in [0.25, 0.3) is 11.3 Å². The first-order valence-electron chi connectivity index (χ1n) is 12.5. The number of hydrogen-bond donors (Lipinski definition) is 2. The summed E-state index contributed by atoms with van der Waals surface area (Å²) in [5.41, 5.74) is 0.852. The van der Waals surface area contributed by atoms with Crippen molar-refractivity contribution in [2.75, 3.05) is 18.5 Å². The minimum Gasteiger partial charge on any atom is -0.395 e. The Labute approximate surface area is 223 Å². The zero-order valence-corrected chi connectivity index (χ0v) is 21.5. The Hall–Kier alpha value is -3.61. The van der Waals surface area contributed by atoms with Crippen molar-refractivity contribution in [3.05, 3.63) is 66.2 Å². The van der Waals surface area contributed by atoms with Gasteiger partial charge in [-0.3, -0.25) is 4.79 Å². The number of rotatable bonds is 7. The van der Waals surface area contributed by atoms with E-state index in [4.69, 9.17) is 0 Å². The quantitative estimate of drug-likeness (QED) is 0.453. The molecule has 1 aromatic heterocycles. The minimum absolute atomic E-state index is 0.0817. The first-order chi connectivity index (χ1) is 18.6. The number of amides is 1. The van der Waals surface area contributed by atoms with Crippen molar-refractivity contribution < 1.29 is 36.6 Å². The fourth-order valence-electron chi connectivity index (χ4n) is 5.16. The van der Waals surface area contributed by atoms with E-state index in [1.165, 1.54) is 28.6 Å². The van der Waals surface area contributed by atoms with Crippen molar-refractivity contribution >= 4 is 21.7 Å². The summed E-state index contributed by atoms with van der Waals surface area (Å²) < 4.78 is 63.2. The van der Waals surface area contributed by atoms with E-state index in [2.05, 4.69) is 19.8 Å². The molecule has 2 fully saturated rings. The van der Waals surface area contributed by atoms with E-state index in [-0.39, 0.29) is 28.9 Å². The molecule has 1 aliphatic carbocycles. The number of aliphatic hydroxyl groups excluding tert-OH is 1. The second kappa shape index (κ2) is 9.25.